The lowest BCUT2D eigenvalue weighted by Crippen LogP contribution is -1.94. The quantitative estimate of drug-likeness (QED) is 0.554. The Balaban J connectivity index is 2.07. The molecule has 0 atom stereocenters. The first-order valence-electron chi connectivity index (χ1n) is 4.42. The first kappa shape index (κ1) is 11.0. The van der Waals surface area contributed by atoms with Crippen LogP contribution in [0, 0.1) is 6.92 Å². The van der Waals surface area contributed by atoms with Crippen molar-refractivity contribution in [1.29, 1.82) is 0 Å². The van der Waals surface area contributed by atoms with Gasteiger partial charge in [0.2, 0.25) is 5.16 Å². The molecule has 0 aromatic carbocycles. The smallest absolute Gasteiger partial charge is 0.303 e. The minimum Gasteiger partial charge on any atom is -0.481 e. The van der Waals surface area contributed by atoms with Crippen molar-refractivity contribution in [3.8, 4) is 0 Å². The van der Waals surface area contributed by atoms with Gasteiger partial charge in [0.1, 0.15) is 5.82 Å². The monoisotopic (exact) mass is 215 g/mol. The normalized spacial score (nSPS) is 10.4. The fourth-order valence-electron chi connectivity index (χ4n) is 0.928. The average Bonchev–Trinajstić information content (AvgIpc) is 2.50. The summed E-state index contributed by atoms with van der Waals surface area (Å²) in [5, 5.41) is 15.8. The minimum absolute atomic E-state index is 0.244. The number of carboxylic acid groups (broad SMARTS) is 1. The van der Waals surface area contributed by atoms with Crippen molar-refractivity contribution >= 4 is 17.7 Å². The van der Waals surface area contributed by atoms with Crippen LogP contribution in [0.5, 0.6) is 0 Å². The van der Waals surface area contributed by atoms with Gasteiger partial charge in [0, 0.05) is 12.2 Å². The lowest BCUT2D eigenvalue weighted by molar-refractivity contribution is -0.137. The van der Waals surface area contributed by atoms with E-state index in [1.165, 1.54) is 0 Å². The zero-order valence-electron chi connectivity index (χ0n) is 7.99. The van der Waals surface area contributed by atoms with Crippen molar-refractivity contribution in [1.82, 2.24) is 15.2 Å². The van der Waals surface area contributed by atoms with Crippen LogP contribution in [0.1, 0.15) is 25.1 Å². The molecule has 0 aliphatic carbocycles. The molecule has 78 valence electrons. The van der Waals surface area contributed by atoms with Crippen LogP contribution in [0.4, 0.5) is 0 Å². The predicted molar refractivity (Wildman–Crippen MR) is 53.3 cm³/mol. The van der Waals surface area contributed by atoms with Gasteiger partial charge in [0.05, 0.1) is 0 Å². The summed E-state index contributed by atoms with van der Waals surface area (Å²) in [4.78, 5) is 14.3. The Morgan fingerprint density at radius 2 is 2.36 bits per heavy atom. The molecule has 0 aliphatic heterocycles. The van der Waals surface area contributed by atoms with E-state index in [2.05, 4.69) is 15.2 Å². The predicted octanol–water partition coefficient (Wildman–Crippen LogP) is 1.46. The zero-order chi connectivity index (χ0) is 10.4. The van der Waals surface area contributed by atoms with Crippen LogP contribution in [-0.2, 0) is 4.79 Å². The van der Waals surface area contributed by atoms with Crippen molar-refractivity contribution in [2.24, 2.45) is 0 Å². The first-order valence-corrected chi connectivity index (χ1v) is 5.40. The third kappa shape index (κ3) is 4.27. The molecular formula is C8H13N3O2S. The summed E-state index contributed by atoms with van der Waals surface area (Å²) < 4.78 is 0. The molecule has 14 heavy (non-hydrogen) atoms. The van der Waals surface area contributed by atoms with E-state index in [4.69, 9.17) is 5.11 Å². The molecule has 0 bridgehead atoms. The molecule has 1 aromatic rings. The van der Waals surface area contributed by atoms with Gasteiger partial charge in [-0.25, -0.2) is 4.98 Å². The van der Waals surface area contributed by atoms with Crippen LogP contribution < -0.4 is 0 Å². The molecule has 0 fully saturated rings. The summed E-state index contributed by atoms with van der Waals surface area (Å²) in [7, 11) is 0. The number of aromatic nitrogens is 3. The van der Waals surface area contributed by atoms with Gasteiger partial charge in [-0.05, 0) is 19.8 Å². The fraction of sp³-hybridized carbons (Fsp3) is 0.625. The molecular weight excluding hydrogens is 202 g/mol. The largest absolute Gasteiger partial charge is 0.481 e. The maximum absolute atomic E-state index is 10.2. The van der Waals surface area contributed by atoms with Crippen molar-refractivity contribution in [2.75, 3.05) is 5.75 Å². The number of hydrogen-bond acceptors (Lipinski definition) is 4. The van der Waals surface area contributed by atoms with E-state index in [1.807, 2.05) is 6.92 Å². The van der Waals surface area contributed by atoms with E-state index in [9.17, 15) is 4.79 Å². The summed E-state index contributed by atoms with van der Waals surface area (Å²) in [6.07, 6.45) is 1.84. The summed E-state index contributed by atoms with van der Waals surface area (Å²) in [5.41, 5.74) is 0. The van der Waals surface area contributed by atoms with Gasteiger partial charge in [0.15, 0.2) is 0 Å². The Morgan fingerprint density at radius 1 is 1.57 bits per heavy atom. The molecule has 0 saturated carbocycles. The van der Waals surface area contributed by atoms with E-state index in [1.54, 1.807) is 11.8 Å². The molecule has 1 rings (SSSR count). The van der Waals surface area contributed by atoms with E-state index in [0.717, 1.165) is 23.2 Å². The lowest BCUT2D eigenvalue weighted by atomic mass is 10.3. The van der Waals surface area contributed by atoms with Crippen LogP contribution in [-0.4, -0.2) is 32.0 Å². The van der Waals surface area contributed by atoms with Gasteiger partial charge in [-0.3, -0.25) is 9.89 Å². The van der Waals surface area contributed by atoms with Gasteiger partial charge >= 0.3 is 5.97 Å². The number of carboxylic acids is 1. The molecule has 0 unspecified atom stereocenters. The number of unbranched alkanes of at least 4 members (excludes halogenated alkanes) is 1. The van der Waals surface area contributed by atoms with Crippen molar-refractivity contribution < 1.29 is 9.90 Å². The van der Waals surface area contributed by atoms with Crippen molar-refractivity contribution in [3.63, 3.8) is 0 Å². The topological polar surface area (TPSA) is 78.9 Å². The molecule has 1 heterocycles. The molecule has 0 aliphatic rings. The SMILES string of the molecule is Cc1nc(SCCCCC(=O)O)n[nH]1. The third-order valence-electron chi connectivity index (χ3n) is 1.59. The number of rotatable bonds is 6. The third-order valence-corrected chi connectivity index (χ3v) is 2.53. The zero-order valence-corrected chi connectivity index (χ0v) is 8.80. The molecule has 0 spiro atoms. The van der Waals surface area contributed by atoms with Crippen LogP contribution >= 0.6 is 11.8 Å². The highest BCUT2D eigenvalue weighted by atomic mass is 32.2. The second-order valence-corrected chi connectivity index (χ2v) is 3.96. The van der Waals surface area contributed by atoms with Crippen LogP contribution in [0.25, 0.3) is 0 Å². The number of H-pyrrole nitrogens is 1. The Bertz CT molecular complexity index is 301. The Hall–Kier alpha value is -1.04. The average molecular weight is 215 g/mol. The van der Waals surface area contributed by atoms with Gasteiger partial charge in [-0.2, -0.15) is 0 Å². The second kappa shape index (κ2) is 5.64. The van der Waals surface area contributed by atoms with Gasteiger partial charge in [-0.1, -0.05) is 11.8 Å². The summed E-state index contributed by atoms with van der Waals surface area (Å²) in [6.45, 7) is 1.85. The molecule has 0 saturated heterocycles. The van der Waals surface area contributed by atoms with E-state index < -0.39 is 5.97 Å². The number of aromatic amines is 1. The summed E-state index contributed by atoms with van der Waals surface area (Å²) >= 11 is 1.55. The van der Waals surface area contributed by atoms with E-state index in [-0.39, 0.29) is 6.42 Å². The molecule has 0 radical (unpaired) electrons. The van der Waals surface area contributed by atoms with Gasteiger partial charge in [0.25, 0.3) is 0 Å². The number of hydrogen-bond donors (Lipinski definition) is 2. The number of aryl methyl sites for hydroxylation is 1. The fourth-order valence-corrected chi connectivity index (χ4v) is 1.77. The van der Waals surface area contributed by atoms with Gasteiger partial charge < -0.3 is 5.11 Å². The second-order valence-electron chi connectivity index (χ2n) is 2.90. The summed E-state index contributed by atoms with van der Waals surface area (Å²) in [5.74, 6) is 0.937. The summed E-state index contributed by atoms with van der Waals surface area (Å²) in [6, 6.07) is 0. The van der Waals surface area contributed by atoms with E-state index >= 15 is 0 Å². The van der Waals surface area contributed by atoms with Crippen molar-refractivity contribution in [2.45, 2.75) is 31.3 Å². The van der Waals surface area contributed by atoms with Crippen LogP contribution in [0.15, 0.2) is 5.16 Å². The number of carbonyl (C=O) groups is 1. The first-order chi connectivity index (χ1) is 6.68. The molecule has 2 N–H and O–H groups in total. The van der Waals surface area contributed by atoms with Gasteiger partial charge in [-0.15, -0.1) is 5.10 Å². The minimum atomic E-state index is -0.733. The standard InChI is InChI=1S/C8H13N3O2S/c1-6-9-8(11-10-6)14-5-3-2-4-7(12)13/h2-5H2,1H3,(H,12,13)(H,9,10,11). The molecule has 1 aromatic heterocycles. The maximum atomic E-state index is 10.2. The lowest BCUT2D eigenvalue weighted by Gasteiger charge is -1.95. The molecule has 0 amide bonds. The number of thioether (sulfide) groups is 1. The molecule has 6 heteroatoms. The molecule has 5 nitrogen and oxygen atoms in total. The highest BCUT2D eigenvalue weighted by Crippen LogP contribution is 2.14. The number of nitrogens with one attached hydrogen (secondary N) is 1. The van der Waals surface area contributed by atoms with Crippen LogP contribution in [0.3, 0.4) is 0 Å². The highest BCUT2D eigenvalue weighted by molar-refractivity contribution is 7.99. The highest BCUT2D eigenvalue weighted by Gasteiger charge is 2.01. The Kier molecular flexibility index (Phi) is 4.45. The number of aliphatic carboxylic acids is 1. The van der Waals surface area contributed by atoms with Crippen LogP contribution in [0.2, 0.25) is 0 Å². The Morgan fingerprint density at radius 3 is 2.93 bits per heavy atom. The maximum Gasteiger partial charge on any atom is 0.303 e. The Labute approximate surface area is 86.3 Å². The van der Waals surface area contributed by atoms with E-state index in [0.29, 0.717) is 6.42 Å². The van der Waals surface area contributed by atoms with Crippen molar-refractivity contribution in [3.05, 3.63) is 5.82 Å². The number of nitrogens with zero attached hydrogens (tertiary/aromatic N) is 2.